The fourth-order valence-corrected chi connectivity index (χ4v) is 8.18. The van der Waals surface area contributed by atoms with E-state index in [1.165, 1.54) is 53.8 Å². The van der Waals surface area contributed by atoms with E-state index in [0.717, 1.165) is 53.4 Å². The molecule has 0 saturated heterocycles. The summed E-state index contributed by atoms with van der Waals surface area (Å²) in [4.78, 5) is 16.7. The number of fused-ring (bicyclic) bond motifs is 5. The summed E-state index contributed by atoms with van der Waals surface area (Å²) in [6.07, 6.45) is 8.06. The molecule has 0 amide bonds. The van der Waals surface area contributed by atoms with Crippen molar-refractivity contribution in [3.63, 3.8) is 0 Å². The van der Waals surface area contributed by atoms with E-state index in [1.54, 1.807) is 0 Å². The molecular formula is C44H58IrN2O2S. The number of thiophene rings is 1. The summed E-state index contributed by atoms with van der Waals surface area (Å²) in [5.41, 5.74) is 7.44. The second-order valence-electron chi connectivity index (χ2n) is 15.8. The number of aryl methyl sites for hydroxylation is 2. The van der Waals surface area contributed by atoms with Gasteiger partial charge >= 0.3 is 0 Å². The van der Waals surface area contributed by atoms with Gasteiger partial charge in [0.05, 0.1) is 38.5 Å². The quantitative estimate of drug-likeness (QED) is 0.0658. The second-order valence-corrected chi connectivity index (χ2v) is 16.8. The van der Waals surface area contributed by atoms with E-state index in [2.05, 4.69) is 110 Å². The molecule has 0 aliphatic carbocycles. The summed E-state index contributed by atoms with van der Waals surface area (Å²) in [5.74, 6) is 0.547. The number of aromatic nitrogens is 1. The van der Waals surface area contributed by atoms with E-state index in [1.807, 2.05) is 39.0 Å². The first-order chi connectivity index (χ1) is 23.0. The number of carbonyl (C=O) groups is 1. The van der Waals surface area contributed by atoms with Crippen LogP contribution >= 0.6 is 11.3 Å². The Hall–Kier alpha value is -2.89. The van der Waals surface area contributed by atoms with E-state index in [9.17, 15) is 9.90 Å². The third-order valence-corrected chi connectivity index (χ3v) is 10.7. The topological polar surface area (TPSA) is 50.2 Å². The first-order valence-corrected chi connectivity index (χ1v) is 18.9. The molecule has 2 heterocycles. The molecule has 1 radical (unpaired) electrons. The summed E-state index contributed by atoms with van der Waals surface area (Å²) in [6, 6.07) is 19.6. The molecule has 6 heteroatoms. The van der Waals surface area contributed by atoms with Crippen molar-refractivity contribution in [2.45, 2.75) is 94.4 Å². The van der Waals surface area contributed by atoms with Crippen molar-refractivity contribution >= 4 is 53.8 Å². The molecule has 50 heavy (non-hydrogen) atoms. The fourth-order valence-electron chi connectivity index (χ4n) is 6.83. The number of nitrogens with zero attached hydrogens (tertiary/aromatic N) is 2. The third-order valence-electron chi connectivity index (χ3n) is 9.46. The summed E-state index contributed by atoms with van der Waals surface area (Å²) in [7, 11) is 6.67. The van der Waals surface area contributed by atoms with Crippen LogP contribution in [0, 0.1) is 37.2 Å². The maximum Gasteiger partial charge on any atom is 0.162 e. The Labute approximate surface area is 319 Å². The molecule has 271 valence electrons. The summed E-state index contributed by atoms with van der Waals surface area (Å²) in [6.45, 7) is 19.2. The molecule has 0 unspecified atom stereocenters. The SMILES string of the molecule is CCC(CC)C(=O)/C=C(\O)C(CC)CC.Cc1[c-]c(-c2ncc([N+](C)(C)C)c3c2sc2c4ccc(CC(C)(C)C)cc4ccc23)cc(C)c1.[Ir]. The number of hydrogen-bond acceptors (Lipinski definition) is 4. The van der Waals surface area contributed by atoms with Crippen molar-refractivity contribution in [1.29, 1.82) is 0 Å². The fraction of sp³-hybridized carbons (Fsp3) is 0.455. The van der Waals surface area contributed by atoms with Crippen molar-refractivity contribution < 1.29 is 30.0 Å². The molecule has 2 aromatic heterocycles. The van der Waals surface area contributed by atoms with Gasteiger partial charge in [0, 0.05) is 58.5 Å². The average Bonchev–Trinajstić information content (AvgIpc) is 3.40. The number of hydrogen-bond donors (Lipinski definition) is 1. The van der Waals surface area contributed by atoms with Crippen LogP contribution in [0.15, 0.2) is 60.5 Å². The van der Waals surface area contributed by atoms with Crippen LogP contribution in [0.4, 0.5) is 5.69 Å². The predicted octanol–water partition coefficient (Wildman–Crippen LogP) is 12.3. The van der Waals surface area contributed by atoms with Crippen LogP contribution in [0.3, 0.4) is 0 Å². The first kappa shape index (κ1) is 41.5. The van der Waals surface area contributed by atoms with Crippen molar-refractivity contribution in [2.75, 3.05) is 21.1 Å². The Balaban J connectivity index is 0.000000361. The molecule has 1 N–H and O–H groups in total. The second kappa shape index (κ2) is 17.1. The molecular weight excluding hydrogens is 813 g/mol. The first-order valence-electron chi connectivity index (χ1n) is 18.0. The van der Waals surface area contributed by atoms with E-state index in [4.69, 9.17) is 4.98 Å². The van der Waals surface area contributed by atoms with Crippen LogP contribution in [0.2, 0.25) is 0 Å². The van der Waals surface area contributed by atoms with Gasteiger partial charge in [-0.2, -0.15) is 0 Å². The van der Waals surface area contributed by atoms with Gasteiger partial charge in [0.15, 0.2) is 11.5 Å². The molecule has 5 aromatic rings. The molecule has 0 aliphatic heterocycles. The Morgan fingerprint density at radius 2 is 1.52 bits per heavy atom. The van der Waals surface area contributed by atoms with Gasteiger partial charge in [-0.15, -0.1) is 46.2 Å². The minimum absolute atomic E-state index is 0. The zero-order valence-electron chi connectivity index (χ0n) is 32.4. The standard InChI is InChI=1S/C31H34N2S.C13H24O2.Ir/c1-19-13-20(2)15-23(14-19)28-30-27(26(18-32-28)33(6,7)8)25-12-10-22-16-21(17-31(3,4)5)9-11-24(22)29(25)34-30;1-5-10(6-2)12(14)9-13(15)11(7-3)8-4;/h9-14,16,18H,17H2,1-8H3;9-11,14H,5-8H2,1-4H3;/b;12-9-;. The smallest absolute Gasteiger partial charge is 0.162 e. The van der Waals surface area contributed by atoms with Crippen molar-refractivity contribution in [3.05, 3.63) is 83.3 Å². The van der Waals surface area contributed by atoms with Crippen LogP contribution in [0.5, 0.6) is 0 Å². The van der Waals surface area contributed by atoms with Gasteiger partial charge in [-0.05, 0) is 53.9 Å². The summed E-state index contributed by atoms with van der Waals surface area (Å²) < 4.78 is 3.34. The monoisotopic (exact) mass is 871 g/mol. The largest absolute Gasteiger partial charge is 0.512 e. The molecule has 3 aromatic carbocycles. The number of aliphatic hydroxyl groups excluding tert-OH is 1. The number of aliphatic hydroxyl groups is 1. The normalized spacial score (nSPS) is 12.5. The number of rotatable bonds is 10. The molecule has 0 aliphatic rings. The van der Waals surface area contributed by atoms with Gasteiger partial charge < -0.3 is 5.11 Å². The maximum absolute atomic E-state index is 11.7. The zero-order valence-corrected chi connectivity index (χ0v) is 35.6. The number of carbonyl (C=O) groups excluding carboxylic acids is 1. The van der Waals surface area contributed by atoms with E-state index in [-0.39, 0.29) is 48.9 Å². The summed E-state index contributed by atoms with van der Waals surface area (Å²) in [5, 5.41) is 15.1. The van der Waals surface area contributed by atoms with Crippen molar-refractivity contribution in [2.24, 2.45) is 17.3 Å². The molecule has 0 saturated carbocycles. The average molecular weight is 871 g/mol. The molecule has 0 bridgehead atoms. The van der Waals surface area contributed by atoms with Crippen molar-refractivity contribution in [1.82, 2.24) is 9.47 Å². The summed E-state index contributed by atoms with van der Waals surface area (Å²) >= 11 is 1.88. The number of pyridine rings is 1. The van der Waals surface area contributed by atoms with E-state index in [0.29, 0.717) is 0 Å². The van der Waals surface area contributed by atoms with Gasteiger partial charge in [0.1, 0.15) is 0 Å². The number of allylic oxidation sites excluding steroid dienone is 2. The molecule has 0 fully saturated rings. The predicted molar refractivity (Wildman–Crippen MR) is 215 cm³/mol. The van der Waals surface area contributed by atoms with Gasteiger partial charge in [0.2, 0.25) is 0 Å². The van der Waals surface area contributed by atoms with Crippen LogP contribution in [-0.4, -0.2) is 37.0 Å². The molecule has 0 atom stereocenters. The minimum atomic E-state index is 0. The molecule has 0 spiro atoms. The minimum Gasteiger partial charge on any atom is -0.512 e. The van der Waals surface area contributed by atoms with Gasteiger partial charge in [-0.1, -0.05) is 92.6 Å². The Bertz CT molecular complexity index is 1950. The third kappa shape index (κ3) is 9.70. The van der Waals surface area contributed by atoms with Crippen LogP contribution in [0.1, 0.15) is 90.8 Å². The zero-order chi connectivity index (χ0) is 36.3. The Morgan fingerprint density at radius 3 is 2.08 bits per heavy atom. The Kier molecular flexibility index (Phi) is 14.2. The Morgan fingerprint density at radius 1 is 0.900 bits per heavy atom. The number of benzene rings is 3. The van der Waals surface area contributed by atoms with E-state index >= 15 is 0 Å². The number of quaternary nitrogens is 1. The van der Waals surface area contributed by atoms with E-state index < -0.39 is 0 Å². The van der Waals surface area contributed by atoms with Gasteiger partial charge in [-0.3, -0.25) is 14.3 Å². The van der Waals surface area contributed by atoms with Gasteiger partial charge in [-0.25, -0.2) is 0 Å². The van der Waals surface area contributed by atoms with Gasteiger partial charge in [0.25, 0.3) is 0 Å². The molecule has 5 rings (SSSR count). The van der Waals surface area contributed by atoms with Crippen molar-refractivity contribution in [3.8, 4) is 11.3 Å². The molecule has 4 nitrogen and oxygen atoms in total. The van der Waals surface area contributed by atoms with Crippen LogP contribution in [-0.2, 0) is 31.3 Å². The number of ketones is 1. The maximum atomic E-state index is 11.7. The van der Waals surface area contributed by atoms with Crippen LogP contribution in [0.25, 0.3) is 42.2 Å². The van der Waals surface area contributed by atoms with Crippen LogP contribution < -0.4 is 4.48 Å².